The summed E-state index contributed by atoms with van der Waals surface area (Å²) in [6, 6.07) is 15.2. The largest absolute Gasteiger partial charge is 0.481 e. The molecule has 0 radical (unpaired) electrons. The molecule has 1 amide bonds. The van der Waals surface area contributed by atoms with E-state index in [1.54, 1.807) is 12.1 Å². The van der Waals surface area contributed by atoms with Gasteiger partial charge in [-0.1, -0.05) is 48.5 Å². The van der Waals surface area contributed by atoms with Gasteiger partial charge in [-0.25, -0.2) is 4.79 Å². The van der Waals surface area contributed by atoms with Gasteiger partial charge in [-0.3, -0.25) is 4.79 Å². The average molecular weight is 409 g/mol. The molecule has 156 valence electrons. The van der Waals surface area contributed by atoms with Crippen LogP contribution < -0.4 is 10.5 Å². The zero-order valence-corrected chi connectivity index (χ0v) is 16.8. The number of hydrogen-bond acceptors (Lipinski definition) is 6. The third kappa shape index (κ3) is 3.98. The molecule has 3 rings (SSSR count). The molecule has 0 spiro atoms. The van der Waals surface area contributed by atoms with Crippen molar-refractivity contribution in [3.8, 4) is 5.75 Å². The van der Waals surface area contributed by atoms with Crippen molar-refractivity contribution in [3.63, 3.8) is 0 Å². The number of benzene rings is 2. The van der Waals surface area contributed by atoms with Gasteiger partial charge in [0.05, 0.1) is 18.0 Å². The minimum Gasteiger partial charge on any atom is -0.481 e. The first kappa shape index (κ1) is 20.9. The molecule has 0 aliphatic carbocycles. The van der Waals surface area contributed by atoms with Crippen LogP contribution in [0.4, 0.5) is 0 Å². The van der Waals surface area contributed by atoms with E-state index in [4.69, 9.17) is 10.5 Å². The van der Waals surface area contributed by atoms with Crippen LogP contribution in [0.5, 0.6) is 5.75 Å². The number of fused-ring (bicyclic) bond motifs is 1. The van der Waals surface area contributed by atoms with Crippen molar-refractivity contribution in [2.24, 2.45) is 10.9 Å². The molecule has 3 aromatic rings. The molecule has 1 heterocycles. The maximum atomic E-state index is 12.0. The number of aromatic nitrogens is 1. The van der Waals surface area contributed by atoms with Crippen molar-refractivity contribution in [3.05, 3.63) is 65.4 Å². The lowest BCUT2D eigenvalue weighted by Gasteiger charge is -2.11. The molecule has 8 nitrogen and oxygen atoms in total. The number of ether oxygens (including phenoxy) is 2. The Morgan fingerprint density at radius 3 is 2.47 bits per heavy atom. The number of rotatable bonds is 8. The van der Waals surface area contributed by atoms with E-state index in [1.165, 1.54) is 7.11 Å². The van der Waals surface area contributed by atoms with Crippen molar-refractivity contribution in [1.29, 1.82) is 0 Å². The lowest BCUT2D eigenvalue weighted by molar-refractivity contribution is -0.142. The SMILES string of the molecule is CCc1c(/C(=N\O)C(N)=O)c2c(OCC(=O)OC)cccc2n1Cc1ccccc1. The molecule has 3 N–H and O–H groups in total. The van der Waals surface area contributed by atoms with Gasteiger partial charge in [0.25, 0.3) is 5.91 Å². The fraction of sp³-hybridized carbons (Fsp3) is 0.227. The van der Waals surface area contributed by atoms with E-state index in [2.05, 4.69) is 9.89 Å². The summed E-state index contributed by atoms with van der Waals surface area (Å²) >= 11 is 0. The number of nitrogens with zero attached hydrogens (tertiary/aromatic N) is 2. The summed E-state index contributed by atoms with van der Waals surface area (Å²) in [6.45, 7) is 2.16. The molecule has 0 aliphatic rings. The van der Waals surface area contributed by atoms with Gasteiger partial charge in [-0.15, -0.1) is 0 Å². The Morgan fingerprint density at radius 1 is 1.13 bits per heavy atom. The highest BCUT2D eigenvalue weighted by Crippen LogP contribution is 2.35. The summed E-state index contributed by atoms with van der Waals surface area (Å²) in [7, 11) is 1.27. The van der Waals surface area contributed by atoms with Gasteiger partial charge in [-0.2, -0.15) is 0 Å². The third-order valence-electron chi connectivity index (χ3n) is 4.82. The minimum absolute atomic E-state index is 0.266. The predicted octanol–water partition coefficient (Wildman–Crippen LogP) is 2.47. The first-order valence-corrected chi connectivity index (χ1v) is 9.41. The van der Waals surface area contributed by atoms with Crippen molar-refractivity contribution in [2.45, 2.75) is 19.9 Å². The van der Waals surface area contributed by atoms with E-state index < -0.39 is 11.9 Å². The third-order valence-corrected chi connectivity index (χ3v) is 4.82. The molecule has 0 saturated carbocycles. The predicted molar refractivity (Wildman–Crippen MR) is 112 cm³/mol. The highest BCUT2D eigenvalue weighted by atomic mass is 16.6. The van der Waals surface area contributed by atoms with Gasteiger partial charge >= 0.3 is 5.97 Å². The second-order valence-corrected chi connectivity index (χ2v) is 6.57. The van der Waals surface area contributed by atoms with Crippen LogP contribution in [-0.4, -0.2) is 41.1 Å². The van der Waals surface area contributed by atoms with Crippen LogP contribution in [0.1, 0.15) is 23.7 Å². The lowest BCUT2D eigenvalue weighted by Crippen LogP contribution is -2.25. The molecule has 0 unspecified atom stereocenters. The summed E-state index contributed by atoms with van der Waals surface area (Å²) in [5.41, 5.74) is 8.19. The van der Waals surface area contributed by atoms with Crippen molar-refractivity contribution in [1.82, 2.24) is 4.57 Å². The quantitative estimate of drug-likeness (QED) is 0.257. The Bertz CT molecular complexity index is 1100. The van der Waals surface area contributed by atoms with Gasteiger partial charge in [0, 0.05) is 17.8 Å². The molecule has 0 aliphatic heterocycles. The monoisotopic (exact) mass is 409 g/mol. The summed E-state index contributed by atoms with van der Waals surface area (Å²) in [6.07, 6.45) is 0.541. The number of hydrogen-bond donors (Lipinski definition) is 2. The molecular weight excluding hydrogens is 386 g/mol. The summed E-state index contributed by atoms with van der Waals surface area (Å²) in [5, 5.41) is 13.3. The first-order valence-electron chi connectivity index (χ1n) is 9.41. The van der Waals surface area contributed by atoms with E-state index >= 15 is 0 Å². The van der Waals surface area contributed by atoms with E-state index in [-0.39, 0.29) is 12.3 Å². The van der Waals surface area contributed by atoms with Crippen LogP contribution in [0.2, 0.25) is 0 Å². The molecule has 0 bridgehead atoms. The molecular formula is C22H23N3O5. The van der Waals surface area contributed by atoms with Gasteiger partial charge < -0.3 is 25.0 Å². The maximum Gasteiger partial charge on any atom is 0.343 e. The number of carbonyl (C=O) groups is 2. The Morgan fingerprint density at radius 2 is 1.87 bits per heavy atom. The Labute approximate surface area is 173 Å². The molecule has 1 aromatic heterocycles. The second-order valence-electron chi connectivity index (χ2n) is 6.57. The topological polar surface area (TPSA) is 116 Å². The molecule has 2 aromatic carbocycles. The van der Waals surface area contributed by atoms with Crippen LogP contribution in [0.3, 0.4) is 0 Å². The smallest absolute Gasteiger partial charge is 0.343 e. The summed E-state index contributed by atoms with van der Waals surface area (Å²) in [5.74, 6) is -1.05. The number of amides is 1. The van der Waals surface area contributed by atoms with E-state index in [0.717, 1.165) is 16.8 Å². The van der Waals surface area contributed by atoms with Crippen LogP contribution in [0, 0.1) is 0 Å². The Balaban J connectivity index is 2.28. The number of carbonyl (C=O) groups excluding carboxylic acids is 2. The maximum absolute atomic E-state index is 12.0. The number of methoxy groups -OCH3 is 1. The van der Waals surface area contributed by atoms with Crippen LogP contribution >= 0.6 is 0 Å². The number of primary amides is 1. The van der Waals surface area contributed by atoms with E-state index in [1.807, 2.05) is 47.9 Å². The minimum atomic E-state index is -0.867. The Hall–Kier alpha value is -3.81. The average Bonchev–Trinajstić information content (AvgIpc) is 3.06. The van der Waals surface area contributed by atoms with E-state index in [9.17, 15) is 14.8 Å². The standard InChI is InChI=1S/C22H23N3O5/c1-3-15-20(21(24-28)22(23)27)19-16(25(15)12-14-8-5-4-6-9-14)10-7-11-17(19)30-13-18(26)29-2/h4-11,28H,3,12-13H2,1-2H3,(H2,23,27)/b24-21+. The fourth-order valence-electron chi connectivity index (χ4n) is 3.53. The highest BCUT2D eigenvalue weighted by Gasteiger charge is 2.26. The molecule has 0 saturated heterocycles. The van der Waals surface area contributed by atoms with Gasteiger partial charge in [0.1, 0.15) is 5.75 Å². The lowest BCUT2D eigenvalue weighted by atomic mass is 10.0. The zero-order chi connectivity index (χ0) is 21.7. The fourth-order valence-corrected chi connectivity index (χ4v) is 3.53. The normalized spacial score (nSPS) is 11.5. The first-order chi connectivity index (χ1) is 14.5. The summed E-state index contributed by atoms with van der Waals surface area (Å²) in [4.78, 5) is 23.6. The van der Waals surface area contributed by atoms with Crippen molar-refractivity contribution >= 4 is 28.5 Å². The van der Waals surface area contributed by atoms with Crippen molar-refractivity contribution < 1.29 is 24.3 Å². The molecule has 0 fully saturated rings. The van der Waals surface area contributed by atoms with Crippen LogP contribution in [0.15, 0.2) is 53.7 Å². The zero-order valence-electron chi connectivity index (χ0n) is 16.8. The Kier molecular flexibility index (Phi) is 6.36. The highest BCUT2D eigenvalue weighted by molar-refractivity contribution is 6.47. The van der Waals surface area contributed by atoms with Crippen LogP contribution in [0.25, 0.3) is 10.9 Å². The molecule has 30 heavy (non-hydrogen) atoms. The van der Waals surface area contributed by atoms with E-state index in [0.29, 0.717) is 29.7 Å². The number of esters is 1. The second kappa shape index (κ2) is 9.13. The summed E-state index contributed by atoms with van der Waals surface area (Å²) < 4.78 is 12.3. The number of oxime groups is 1. The number of nitrogens with two attached hydrogens (primary N) is 1. The van der Waals surface area contributed by atoms with Gasteiger partial charge in [-0.05, 0) is 24.1 Å². The molecule has 8 heteroatoms. The van der Waals surface area contributed by atoms with Gasteiger partial charge in [0.2, 0.25) is 0 Å². The van der Waals surface area contributed by atoms with Crippen LogP contribution in [-0.2, 0) is 27.3 Å². The molecule has 0 atom stereocenters. The van der Waals surface area contributed by atoms with Crippen molar-refractivity contribution in [2.75, 3.05) is 13.7 Å². The van der Waals surface area contributed by atoms with Gasteiger partial charge in [0.15, 0.2) is 12.3 Å².